The van der Waals surface area contributed by atoms with Gasteiger partial charge in [-0.15, -0.1) is 0 Å². The molecule has 110 valence electrons. The van der Waals surface area contributed by atoms with Gasteiger partial charge in [0.2, 0.25) is 5.91 Å². The van der Waals surface area contributed by atoms with Crippen LogP contribution in [0.5, 0.6) is 0 Å². The molecule has 0 aliphatic carbocycles. The molecule has 1 aromatic carbocycles. The Labute approximate surface area is 127 Å². The molecule has 7 heteroatoms. The molecule has 0 bridgehead atoms. The summed E-state index contributed by atoms with van der Waals surface area (Å²) < 4.78 is 0. The molecule has 0 atom stereocenters. The number of rotatable bonds is 4. The Kier molecular flexibility index (Phi) is 3.58. The number of carbonyl (C=O) groups is 1. The normalized spacial score (nSPS) is 12.6. The van der Waals surface area contributed by atoms with Gasteiger partial charge in [-0.1, -0.05) is 30.3 Å². The molecule has 1 aromatic heterocycles. The third-order valence-corrected chi connectivity index (χ3v) is 3.39. The first-order chi connectivity index (χ1) is 10.7. The van der Waals surface area contributed by atoms with Crippen LogP contribution in [0.3, 0.4) is 0 Å². The Balaban J connectivity index is 2.02. The van der Waals surface area contributed by atoms with Gasteiger partial charge in [-0.05, 0) is 0 Å². The maximum absolute atomic E-state index is 11.0. The first-order valence-electron chi connectivity index (χ1n) is 6.79. The summed E-state index contributed by atoms with van der Waals surface area (Å²) in [6.45, 7) is 0.867. The van der Waals surface area contributed by atoms with Gasteiger partial charge in [-0.2, -0.15) is 5.26 Å². The SMILES string of the molecule is N#CN1Cc2nc(-c3ccccc3)nc(NCC(N)=O)c2C1. The topological polar surface area (TPSA) is 108 Å². The molecule has 0 saturated carbocycles. The van der Waals surface area contributed by atoms with E-state index in [0.29, 0.717) is 24.7 Å². The summed E-state index contributed by atoms with van der Waals surface area (Å²) in [6, 6.07) is 9.56. The van der Waals surface area contributed by atoms with E-state index in [2.05, 4.69) is 21.5 Å². The highest BCUT2D eigenvalue weighted by Crippen LogP contribution is 2.29. The molecule has 0 fully saturated rings. The average molecular weight is 294 g/mol. The van der Waals surface area contributed by atoms with E-state index >= 15 is 0 Å². The second-order valence-corrected chi connectivity index (χ2v) is 4.96. The lowest BCUT2D eigenvalue weighted by Gasteiger charge is -2.10. The zero-order chi connectivity index (χ0) is 15.5. The van der Waals surface area contributed by atoms with Crippen molar-refractivity contribution < 1.29 is 4.79 Å². The van der Waals surface area contributed by atoms with Gasteiger partial charge < -0.3 is 16.0 Å². The Morgan fingerprint density at radius 3 is 2.77 bits per heavy atom. The number of nitrogens with two attached hydrogens (primary N) is 1. The molecule has 0 unspecified atom stereocenters. The van der Waals surface area contributed by atoms with Crippen molar-refractivity contribution >= 4 is 11.7 Å². The second-order valence-electron chi connectivity index (χ2n) is 4.96. The van der Waals surface area contributed by atoms with E-state index in [1.165, 1.54) is 0 Å². The molecule has 1 aliphatic heterocycles. The molecule has 22 heavy (non-hydrogen) atoms. The number of fused-ring (bicyclic) bond motifs is 1. The molecule has 0 spiro atoms. The van der Waals surface area contributed by atoms with Gasteiger partial charge >= 0.3 is 0 Å². The Morgan fingerprint density at radius 1 is 1.32 bits per heavy atom. The van der Waals surface area contributed by atoms with Gasteiger partial charge in [-0.25, -0.2) is 9.97 Å². The van der Waals surface area contributed by atoms with Crippen molar-refractivity contribution in [3.8, 4) is 17.6 Å². The van der Waals surface area contributed by atoms with Gasteiger partial charge in [0.15, 0.2) is 12.0 Å². The molecular formula is C15H14N6O. The van der Waals surface area contributed by atoms with E-state index in [1.54, 1.807) is 4.90 Å². The summed E-state index contributed by atoms with van der Waals surface area (Å²) >= 11 is 0. The predicted molar refractivity (Wildman–Crippen MR) is 80.0 cm³/mol. The van der Waals surface area contributed by atoms with Gasteiger partial charge in [-0.3, -0.25) is 4.79 Å². The number of primary amides is 1. The minimum Gasteiger partial charge on any atom is -0.368 e. The number of carbonyl (C=O) groups excluding carboxylic acids is 1. The van der Waals surface area contributed by atoms with E-state index < -0.39 is 5.91 Å². The van der Waals surface area contributed by atoms with Gasteiger partial charge in [0.05, 0.1) is 25.3 Å². The molecule has 3 rings (SSSR count). The van der Waals surface area contributed by atoms with E-state index in [0.717, 1.165) is 16.8 Å². The number of benzene rings is 1. The van der Waals surface area contributed by atoms with Crippen LogP contribution in [0.15, 0.2) is 30.3 Å². The van der Waals surface area contributed by atoms with Gasteiger partial charge in [0, 0.05) is 11.1 Å². The number of anilines is 1. The van der Waals surface area contributed by atoms with Crippen LogP contribution in [-0.2, 0) is 17.9 Å². The average Bonchev–Trinajstić information content (AvgIpc) is 2.96. The van der Waals surface area contributed by atoms with Crippen molar-refractivity contribution in [2.45, 2.75) is 13.1 Å². The summed E-state index contributed by atoms with van der Waals surface area (Å²) in [5.74, 6) is 0.648. The molecule has 1 amide bonds. The summed E-state index contributed by atoms with van der Waals surface area (Å²) in [5.41, 5.74) is 7.69. The fourth-order valence-electron chi connectivity index (χ4n) is 2.36. The van der Waals surface area contributed by atoms with Crippen molar-refractivity contribution in [3.05, 3.63) is 41.6 Å². The van der Waals surface area contributed by atoms with Crippen molar-refractivity contribution in [2.24, 2.45) is 5.73 Å². The van der Waals surface area contributed by atoms with Crippen molar-refractivity contribution in [3.63, 3.8) is 0 Å². The summed E-state index contributed by atoms with van der Waals surface area (Å²) in [7, 11) is 0. The molecule has 1 aliphatic rings. The van der Waals surface area contributed by atoms with Gasteiger partial charge in [0.25, 0.3) is 0 Å². The Morgan fingerprint density at radius 2 is 2.09 bits per heavy atom. The lowest BCUT2D eigenvalue weighted by atomic mass is 10.2. The number of nitrogens with zero attached hydrogens (tertiary/aromatic N) is 4. The highest BCUT2D eigenvalue weighted by Gasteiger charge is 2.25. The lowest BCUT2D eigenvalue weighted by molar-refractivity contribution is -0.116. The van der Waals surface area contributed by atoms with E-state index in [4.69, 9.17) is 11.0 Å². The minimum atomic E-state index is -0.469. The summed E-state index contributed by atoms with van der Waals surface area (Å²) in [4.78, 5) is 21.6. The lowest BCUT2D eigenvalue weighted by Crippen LogP contribution is -2.23. The predicted octanol–water partition coefficient (Wildman–Crippen LogP) is 0.837. The van der Waals surface area contributed by atoms with Crippen LogP contribution in [0.25, 0.3) is 11.4 Å². The first kappa shape index (κ1) is 13.8. The molecule has 7 nitrogen and oxygen atoms in total. The second kappa shape index (κ2) is 5.69. The quantitative estimate of drug-likeness (QED) is 0.809. The van der Waals surface area contributed by atoms with Crippen LogP contribution in [0.4, 0.5) is 5.82 Å². The largest absolute Gasteiger partial charge is 0.368 e. The van der Waals surface area contributed by atoms with Crippen LogP contribution >= 0.6 is 0 Å². The fourth-order valence-corrected chi connectivity index (χ4v) is 2.36. The summed E-state index contributed by atoms with van der Waals surface area (Å²) in [6.07, 6.45) is 2.11. The molecule has 3 N–H and O–H groups in total. The minimum absolute atomic E-state index is 0.00969. The third kappa shape index (κ3) is 2.67. The number of amides is 1. The summed E-state index contributed by atoms with van der Waals surface area (Å²) in [5, 5.41) is 12.0. The van der Waals surface area contributed by atoms with Crippen LogP contribution in [0, 0.1) is 11.5 Å². The van der Waals surface area contributed by atoms with Crippen molar-refractivity contribution in [1.29, 1.82) is 5.26 Å². The van der Waals surface area contributed by atoms with E-state index in [1.807, 2.05) is 30.3 Å². The Bertz CT molecular complexity index is 753. The van der Waals surface area contributed by atoms with E-state index in [-0.39, 0.29) is 6.54 Å². The van der Waals surface area contributed by atoms with Crippen LogP contribution in [-0.4, -0.2) is 27.3 Å². The standard InChI is InChI=1S/C15H14N6O/c16-9-21-7-11-12(8-21)19-14(10-4-2-1-3-5-10)20-15(11)18-6-13(17)22/h1-5H,6-8H2,(H2,17,22)(H,18,19,20). The highest BCUT2D eigenvalue weighted by atomic mass is 16.1. The first-order valence-corrected chi connectivity index (χ1v) is 6.79. The zero-order valence-electron chi connectivity index (χ0n) is 11.8. The molecule has 0 saturated heterocycles. The third-order valence-electron chi connectivity index (χ3n) is 3.39. The number of nitrogens with one attached hydrogen (secondary N) is 1. The molecule has 2 aromatic rings. The van der Waals surface area contributed by atoms with Gasteiger partial charge in [0.1, 0.15) is 5.82 Å². The number of hydrogen-bond donors (Lipinski definition) is 2. The fraction of sp³-hybridized carbons (Fsp3) is 0.200. The maximum Gasteiger partial charge on any atom is 0.236 e. The van der Waals surface area contributed by atoms with Crippen LogP contribution in [0.2, 0.25) is 0 Å². The van der Waals surface area contributed by atoms with E-state index in [9.17, 15) is 4.79 Å². The van der Waals surface area contributed by atoms with Crippen LogP contribution in [0.1, 0.15) is 11.3 Å². The maximum atomic E-state index is 11.0. The smallest absolute Gasteiger partial charge is 0.236 e. The number of aromatic nitrogens is 2. The van der Waals surface area contributed by atoms with Crippen LogP contribution < -0.4 is 11.1 Å². The monoisotopic (exact) mass is 294 g/mol. The Hall–Kier alpha value is -3.14. The zero-order valence-corrected chi connectivity index (χ0v) is 11.8. The molecule has 2 heterocycles. The van der Waals surface area contributed by atoms with Crippen molar-refractivity contribution in [2.75, 3.05) is 11.9 Å². The number of nitriles is 1. The van der Waals surface area contributed by atoms with Crippen molar-refractivity contribution in [1.82, 2.24) is 14.9 Å². The highest BCUT2D eigenvalue weighted by molar-refractivity contribution is 5.79. The molecular weight excluding hydrogens is 280 g/mol. The number of hydrogen-bond acceptors (Lipinski definition) is 6. The molecule has 0 radical (unpaired) electrons.